The van der Waals surface area contributed by atoms with Crippen LogP contribution in [-0.2, 0) is 17.9 Å². The summed E-state index contributed by atoms with van der Waals surface area (Å²) >= 11 is 0. The summed E-state index contributed by atoms with van der Waals surface area (Å²) < 4.78 is 0. The molecule has 0 N–H and O–H groups in total. The van der Waals surface area contributed by atoms with Crippen molar-refractivity contribution in [2.75, 3.05) is 0 Å². The summed E-state index contributed by atoms with van der Waals surface area (Å²) in [5.74, 6) is -0.0742. The maximum absolute atomic E-state index is 12.6. The fourth-order valence-electron chi connectivity index (χ4n) is 3.37. The average Bonchev–Trinajstić information content (AvgIpc) is 2.66. The zero-order chi connectivity index (χ0) is 18.1. The van der Waals surface area contributed by atoms with E-state index in [9.17, 15) is 14.9 Å². The van der Waals surface area contributed by atoms with Gasteiger partial charge in [-0.25, -0.2) is 0 Å². The summed E-state index contributed by atoms with van der Waals surface area (Å²) in [6.07, 6.45) is 3.21. The molecule has 5 nitrogen and oxygen atoms in total. The smallest absolute Gasteiger partial charge is 0.269 e. The van der Waals surface area contributed by atoms with Crippen molar-refractivity contribution in [2.24, 2.45) is 0 Å². The minimum Gasteiger partial charge on any atom is -0.330 e. The third kappa shape index (κ3) is 2.95. The highest BCUT2D eigenvalue weighted by Gasteiger charge is 2.20. The van der Waals surface area contributed by atoms with Crippen molar-refractivity contribution in [3.05, 3.63) is 93.5 Å². The van der Waals surface area contributed by atoms with Crippen molar-refractivity contribution in [1.29, 1.82) is 0 Å². The Hall–Kier alpha value is -3.47. The molecule has 26 heavy (non-hydrogen) atoms. The molecule has 0 saturated heterocycles. The summed E-state index contributed by atoms with van der Waals surface area (Å²) in [4.78, 5) is 24.7. The quantitative estimate of drug-likeness (QED) is 0.404. The number of hydrogen-bond acceptors (Lipinski definition) is 3. The molecule has 4 rings (SSSR count). The van der Waals surface area contributed by atoms with Crippen LogP contribution in [0.3, 0.4) is 0 Å². The summed E-state index contributed by atoms with van der Waals surface area (Å²) in [5, 5.41) is 13.1. The number of hydrogen-bond donors (Lipinski definition) is 0. The first kappa shape index (κ1) is 16.0. The van der Waals surface area contributed by atoms with Crippen LogP contribution in [0.2, 0.25) is 0 Å². The van der Waals surface area contributed by atoms with E-state index in [0.29, 0.717) is 13.1 Å². The third-order valence-corrected chi connectivity index (χ3v) is 4.63. The van der Waals surface area contributed by atoms with Crippen LogP contribution >= 0.6 is 0 Å². The fraction of sp³-hybridized carbons (Fsp3) is 0.0952. The summed E-state index contributed by atoms with van der Waals surface area (Å²) in [6.45, 7) is 1.16. The van der Waals surface area contributed by atoms with Crippen LogP contribution in [0.5, 0.6) is 0 Å². The van der Waals surface area contributed by atoms with Gasteiger partial charge in [-0.3, -0.25) is 14.9 Å². The van der Waals surface area contributed by atoms with E-state index in [1.54, 1.807) is 23.1 Å². The standard InChI is InChI=1S/C21H16N2O3/c24-20(12-9-15-7-10-19(11-8-15)23(25)26)22-13-17-5-1-3-16-4-2-6-18(14-22)21(16)17/h1-12H,13-14H2/b12-9+. The lowest BCUT2D eigenvalue weighted by Crippen LogP contribution is -2.31. The first-order chi connectivity index (χ1) is 12.6. The van der Waals surface area contributed by atoms with Crippen LogP contribution in [0, 0.1) is 10.1 Å². The second-order valence-electron chi connectivity index (χ2n) is 6.31. The number of carbonyl (C=O) groups excluding carboxylic acids is 1. The van der Waals surface area contributed by atoms with E-state index < -0.39 is 4.92 Å². The van der Waals surface area contributed by atoms with Gasteiger partial charge in [0.2, 0.25) is 5.91 Å². The minimum atomic E-state index is -0.440. The Balaban J connectivity index is 1.53. The highest BCUT2D eigenvalue weighted by molar-refractivity contribution is 5.95. The molecule has 3 aromatic rings. The van der Waals surface area contributed by atoms with Gasteiger partial charge in [0.1, 0.15) is 0 Å². The molecular formula is C21H16N2O3. The third-order valence-electron chi connectivity index (χ3n) is 4.63. The fourth-order valence-corrected chi connectivity index (χ4v) is 3.37. The van der Waals surface area contributed by atoms with Crippen LogP contribution in [-0.4, -0.2) is 15.7 Å². The van der Waals surface area contributed by atoms with Gasteiger partial charge in [-0.05, 0) is 45.7 Å². The second-order valence-corrected chi connectivity index (χ2v) is 6.31. The number of non-ortho nitro benzene ring substituents is 1. The van der Waals surface area contributed by atoms with Crippen molar-refractivity contribution in [3.8, 4) is 0 Å². The van der Waals surface area contributed by atoms with Gasteiger partial charge >= 0.3 is 0 Å². The van der Waals surface area contributed by atoms with Gasteiger partial charge in [-0.1, -0.05) is 36.4 Å². The molecule has 0 spiro atoms. The lowest BCUT2D eigenvalue weighted by atomic mass is 9.95. The Morgan fingerprint density at radius 3 is 2.15 bits per heavy atom. The van der Waals surface area contributed by atoms with Crippen LogP contribution in [0.4, 0.5) is 5.69 Å². The van der Waals surface area contributed by atoms with Crippen molar-refractivity contribution in [1.82, 2.24) is 4.90 Å². The maximum atomic E-state index is 12.6. The van der Waals surface area contributed by atoms with E-state index in [1.807, 2.05) is 12.1 Å². The van der Waals surface area contributed by atoms with Crippen molar-refractivity contribution >= 4 is 28.4 Å². The lowest BCUT2D eigenvalue weighted by molar-refractivity contribution is -0.384. The van der Waals surface area contributed by atoms with Gasteiger partial charge in [0, 0.05) is 31.3 Å². The zero-order valence-corrected chi connectivity index (χ0v) is 14.0. The van der Waals surface area contributed by atoms with E-state index in [1.165, 1.54) is 29.0 Å². The van der Waals surface area contributed by atoms with E-state index in [2.05, 4.69) is 24.3 Å². The van der Waals surface area contributed by atoms with Crippen molar-refractivity contribution < 1.29 is 9.72 Å². The lowest BCUT2D eigenvalue weighted by Gasteiger charge is -2.28. The van der Waals surface area contributed by atoms with E-state index >= 15 is 0 Å². The normalized spacial score (nSPS) is 13.3. The van der Waals surface area contributed by atoms with Gasteiger partial charge in [0.15, 0.2) is 0 Å². The molecule has 0 bridgehead atoms. The monoisotopic (exact) mass is 344 g/mol. The summed E-state index contributed by atoms with van der Waals surface area (Å²) in [5.41, 5.74) is 3.10. The Morgan fingerprint density at radius 2 is 1.58 bits per heavy atom. The molecule has 5 heteroatoms. The van der Waals surface area contributed by atoms with Gasteiger partial charge in [0.25, 0.3) is 5.69 Å². The molecule has 3 aromatic carbocycles. The number of nitro groups is 1. The Morgan fingerprint density at radius 1 is 0.962 bits per heavy atom. The molecule has 1 heterocycles. The van der Waals surface area contributed by atoms with Gasteiger partial charge in [0.05, 0.1) is 4.92 Å². The molecule has 0 saturated carbocycles. The first-order valence-corrected chi connectivity index (χ1v) is 8.33. The highest BCUT2D eigenvalue weighted by Crippen LogP contribution is 2.30. The number of benzene rings is 3. The van der Waals surface area contributed by atoms with E-state index in [4.69, 9.17) is 0 Å². The Bertz CT molecular complexity index is 998. The molecule has 128 valence electrons. The predicted octanol–water partition coefficient (Wildman–Crippen LogP) is 4.30. The SMILES string of the molecule is O=C(/C=C/c1ccc([N+](=O)[O-])cc1)N1Cc2cccc3cccc(c23)C1. The molecule has 1 aliphatic rings. The molecule has 1 aliphatic heterocycles. The zero-order valence-electron chi connectivity index (χ0n) is 14.0. The largest absolute Gasteiger partial charge is 0.330 e. The Kier molecular flexibility index (Phi) is 3.97. The van der Waals surface area contributed by atoms with Gasteiger partial charge in [-0.15, -0.1) is 0 Å². The average molecular weight is 344 g/mol. The molecule has 0 unspecified atom stereocenters. The molecule has 0 aromatic heterocycles. The molecule has 1 amide bonds. The molecule has 0 atom stereocenters. The number of nitrogens with zero attached hydrogens (tertiary/aromatic N) is 2. The maximum Gasteiger partial charge on any atom is 0.269 e. The molecule has 0 aliphatic carbocycles. The topological polar surface area (TPSA) is 63.4 Å². The van der Waals surface area contributed by atoms with E-state index in [0.717, 1.165) is 16.7 Å². The van der Waals surface area contributed by atoms with Gasteiger partial charge in [-0.2, -0.15) is 0 Å². The number of nitro benzene ring substituents is 1. The molecular weight excluding hydrogens is 328 g/mol. The summed E-state index contributed by atoms with van der Waals surface area (Å²) in [6, 6.07) is 18.5. The predicted molar refractivity (Wildman–Crippen MR) is 100 cm³/mol. The summed E-state index contributed by atoms with van der Waals surface area (Å²) in [7, 11) is 0. The van der Waals surface area contributed by atoms with Crippen LogP contribution in [0.25, 0.3) is 16.8 Å². The van der Waals surface area contributed by atoms with Crippen LogP contribution < -0.4 is 0 Å². The first-order valence-electron chi connectivity index (χ1n) is 8.33. The van der Waals surface area contributed by atoms with E-state index in [-0.39, 0.29) is 11.6 Å². The number of rotatable bonds is 3. The van der Waals surface area contributed by atoms with Gasteiger partial charge < -0.3 is 4.90 Å². The number of amides is 1. The van der Waals surface area contributed by atoms with Crippen LogP contribution in [0.15, 0.2) is 66.7 Å². The molecule has 0 fully saturated rings. The second kappa shape index (κ2) is 6.44. The minimum absolute atomic E-state index is 0.0363. The highest BCUT2D eigenvalue weighted by atomic mass is 16.6. The molecule has 0 radical (unpaired) electrons. The van der Waals surface area contributed by atoms with Crippen molar-refractivity contribution in [2.45, 2.75) is 13.1 Å². The Labute approximate surface area is 150 Å². The van der Waals surface area contributed by atoms with Crippen molar-refractivity contribution in [3.63, 3.8) is 0 Å². The van der Waals surface area contributed by atoms with Crippen LogP contribution in [0.1, 0.15) is 16.7 Å². The number of carbonyl (C=O) groups is 1.